The Kier molecular flexibility index (Phi) is 5.02. The molecule has 2 aliphatic rings. The van der Waals surface area contributed by atoms with Gasteiger partial charge in [-0.1, -0.05) is 26.7 Å². The average molecular weight is 281 g/mol. The van der Waals surface area contributed by atoms with Crippen LogP contribution in [0.1, 0.15) is 46.0 Å². The first-order valence-corrected chi connectivity index (χ1v) is 7.70. The van der Waals surface area contributed by atoms with Crippen molar-refractivity contribution in [2.45, 2.75) is 51.5 Å². The van der Waals surface area contributed by atoms with Crippen LogP contribution in [0, 0.1) is 11.8 Å². The van der Waals surface area contributed by atoms with Gasteiger partial charge in [0.05, 0.1) is 13.2 Å². The zero-order valence-electron chi connectivity index (χ0n) is 12.9. The Bertz CT molecular complexity index is 381. The Morgan fingerprint density at radius 1 is 1.40 bits per heavy atom. The van der Waals surface area contributed by atoms with Gasteiger partial charge in [-0.15, -0.1) is 0 Å². The summed E-state index contributed by atoms with van der Waals surface area (Å²) in [6.45, 7) is 5.71. The number of carbonyl (C=O) groups is 1. The summed E-state index contributed by atoms with van der Waals surface area (Å²) in [5, 5.41) is 6.24. The predicted molar refractivity (Wildman–Crippen MR) is 79.6 cm³/mol. The van der Waals surface area contributed by atoms with E-state index in [1.54, 1.807) is 7.11 Å². The van der Waals surface area contributed by atoms with Crippen molar-refractivity contribution in [3.05, 3.63) is 0 Å². The molecule has 2 atom stereocenters. The summed E-state index contributed by atoms with van der Waals surface area (Å²) in [5.74, 6) is 2.15. The highest BCUT2D eigenvalue weighted by Gasteiger charge is 2.45. The molecule has 1 spiro atoms. The Hall–Kier alpha value is -1.10. The van der Waals surface area contributed by atoms with E-state index in [4.69, 9.17) is 4.74 Å². The molecule has 0 aromatic rings. The first-order valence-electron chi connectivity index (χ1n) is 7.70. The molecule has 2 fully saturated rings. The van der Waals surface area contributed by atoms with Gasteiger partial charge in [-0.2, -0.15) is 0 Å². The lowest BCUT2D eigenvalue weighted by Crippen LogP contribution is -2.46. The second-order valence-corrected chi connectivity index (χ2v) is 6.32. The van der Waals surface area contributed by atoms with Crippen LogP contribution < -0.4 is 10.6 Å². The lowest BCUT2D eigenvalue weighted by Gasteiger charge is -2.25. The maximum atomic E-state index is 12.3. The monoisotopic (exact) mass is 281 g/mol. The number of hydrogen-bond donors (Lipinski definition) is 2. The first-order chi connectivity index (χ1) is 9.57. The fourth-order valence-electron chi connectivity index (χ4n) is 3.26. The predicted octanol–water partition coefficient (Wildman–Crippen LogP) is 1.68. The van der Waals surface area contributed by atoms with E-state index in [2.05, 4.69) is 29.5 Å². The van der Waals surface area contributed by atoms with Gasteiger partial charge in [-0.05, 0) is 31.1 Å². The molecule has 1 saturated carbocycles. The van der Waals surface area contributed by atoms with Gasteiger partial charge in [0.1, 0.15) is 5.54 Å². The Morgan fingerprint density at radius 3 is 2.90 bits per heavy atom. The number of methoxy groups -OCH3 is 1. The van der Waals surface area contributed by atoms with E-state index in [-0.39, 0.29) is 5.91 Å². The second-order valence-electron chi connectivity index (χ2n) is 6.32. The third-order valence-corrected chi connectivity index (χ3v) is 4.65. The molecule has 1 amide bonds. The van der Waals surface area contributed by atoms with Gasteiger partial charge in [0.15, 0.2) is 5.96 Å². The fraction of sp³-hybridized carbons (Fsp3) is 0.867. The number of nitrogens with zero attached hydrogens (tertiary/aromatic N) is 1. The smallest absolute Gasteiger partial charge is 0.252 e. The third-order valence-electron chi connectivity index (χ3n) is 4.65. The molecular weight excluding hydrogens is 254 g/mol. The molecule has 2 unspecified atom stereocenters. The lowest BCUT2D eigenvalue weighted by atomic mass is 9.86. The molecule has 0 aromatic carbocycles. The van der Waals surface area contributed by atoms with Crippen LogP contribution in [-0.4, -0.2) is 37.7 Å². The molecule has 0 aromatic heterocycles. The number of hydrogen-bond acceptors (Lipinski definition) is 3. The molecule has 0 radical (unpaired) electrons. The molecule has 2 N–H and O–H groups in total. The van der Waals surface area contributed by atoms with E-state index in [1.807, 2.05) is 0 Å². The molecule has 114 valence electrons. The zero-order valence-corrected chi connectivity index (χ0v) is 12.9. The van der Waals surface area contributed by atoms with E-state index in [1.165, 1.54) is 6.42 Å². The normalized spacial score (nSPS) is 32.5. The quantitative estimate of drug-likeness (QED) is 0.771. The molecule has 1 saturated heterocycles. The first kappa shape index (κ1) is 15.3. The Balaban J connectivity index is 2.00. The van der Waals surface area contributed by atoms with Gasteiger partial charge in [0.25, 0.3) is 5.91 Å². The van der Waals surface area contributed by atoms with Gasteiger partial charge in [-0.3, -0.25) is 15.1 Å². The summed E-state index contributed by atoms with van der Waals surface area (Å²) < 4.78 is 4.98. The van der Waals surface area contributed by atoms with Gasteiger partial charge in [0, 0.05) is 7.11 Å². The van der Waals surface area contributed by atoms with Crippen LogP contribution in [0.3, 0.4) is 0 Å². The molecule has 20 heavy (non-hydrogen) atoms. The highest BCUT2D eigenvalue weighted by atomic mass is 16.5. The Morgan fingerprint density at radius 2 is 2.20 bits per heavy atom. The minimum Gasteiger partial charge on any atom is -0.383 e. The maximum absolute atomic E-state index is 12.3. The number of rotatable bonds is 4. The SMILES string of the molecule is COCCN=C1NC(=O)C2(CCCC(C(C)C)CC2)N1. The summed E-state index contributed by atoms with van der Waals surface area (Å²) in [4.78, 5) is 16.7. The number of amides is 1. The molecule has 1 aliphatic carbocycles. The zero-order chi connectivity index (χ0) is 14.6. The molecule has 5 heteroatoms. The number of carbonyl (C=O) groups excluding carboxylic acids is 1. The largest absolute Gasteiger partial charge is 0.383 e. The number of aliphatic imine (C=N–C) groups is 1. The van der Waals surface area contributed by atoms with Gasteiger partial charge >= 0.3 is 0 Å². The minimum atomic E-state index is -0.421. The van der Waals surface area contributed by atoms with Crippen molar-refractivity contribution in [2.75, 3.05) is 20.3 Å². The van der Waals surface area contributed by atoms with E-state index >= 15 is 0 Å². The van der Waals surface area contributed by atoms with Crippen molar-refractivity contribution < 1.29 is 9.53 Å². The van der Waals surface area contributed by atoms with Crippen molar-refractivity contribution in [2.24, 2.45) is 16.8 Å². The van der Waals surface area contributed by atoms with Crippen LogP contribution in [0.2, 0.25) is 0 Å². The van der Waals surface area contributed by atoms with Gasteiger partial charge < -0.3 is 10.1 Å². The van der Waals surface area contributed by atoms with Gasteiger partial charge in [-0.25, -0.2) is 0 Å². The number of ether oxygens (including phenoxy) is 1. The van der Waals surface area contributed by atoms with E-state index in [0.717, 1.165) is 31.6 Å². The molecule has 5 nitrogen and oxygen atoms in total. The molecule has 1 heterocycles. The van der Waals surface area contributed by atoms with Crippen molar-refractivity contribution in [1.29, 1.82) is 0 Å². The minimum absolute atomic E-state index is 0.0954. The summed E-state index contributed by atoms with van der Waals surface area (Å²) in [5.41, 5.74) is -0.421. The van der Waals surface area contributed by atoms with Gasteiger partial charge in [0.2, 0.25) is 0 Å². The van der Waals surface area contributed by atoms with Crippen LogP contribution in [0.5, 0.6) is 0 Å². The van der Waals surface area contributed by atoms with E-state index in [0.29, 0.717) is 25.0 Å². The van der Waals surface area contributed by atoms with Crippen LogP contribution in [0.15, 0.2) is 4.99 Å². The second kappa shape index (κ2) is 6.57. The molecule has 0 bridgehead atoms. The summed E-state index contributed by atoms with van der Waals surface area (Å²) in [7, 11) is 1.65. The number of nitrogens with one attached hydrogen (secondary N) is 2. The van der Waals surface area contributed by atoms with Crippen molar-refractivity contribution in [1.82, 2.24) is 10.6 Å². The molecule has 2 rings (SSSR count). The number of guanidine groups is 1. The molecular formula is C15H27N3O2. The highest BCUT2D eigenvalue weighted by Crippen LogP contribution is 2.35. The topological polar surface area (TPSA) is 62.7 Å². The standard InChI is InChI=1S/C15H27N3O2/c1-11(2)12-5-4-7-15(8-6-12)13(19)17-14(18-15)16-9-10-20-3/h11-12H,4-10H2,1-3H3,(H2,16,17,18,19). The van der Waals surface area contributed by atoms with Crippen LogP contribution in [0.25, 0.3) is 0 Å². The van der Waals surface area contributed by atoms with Crippen molar-refractivity contribution >= 4 is 11.9 Å². The summed E-state index contributed by atoms with van der Waals surface area (Å²) >= 11 is 0. The summed E-state index contributed by atoms with van der Waals surface area (Å²) in [6, 6.07) is 0. The highest BCUT2D eigenvalue weighted by molar-refractivity contribution is 6.09. The van der Waals surface area contributed by atoms with Crippen molar-refractivity contribution in [3.63, 3.8) is 0 Å². The van der Waals surface area contributed by atoms with Crippen LogP contribution in [0.4, 0.5) is 0 Å². The lowest BCUT2D eigenvalue weighted by molar-refractivity contribution is -0.124. The van der Waals surface area contributed by atoms with E-state index in [9.17, 15) is 4.79 Å². The maximum Gasteiger partial charge on any atom is 0.252 e. The average Bonchev–Trinajstić information content (AvgIpc) is 2.59. The summed E-state index contributed by atoms with van der Waals surface area (Å²) in [6.07, 6.45) is 5.26. The van der Waals surface area contributed by atoms with Crippen molar-refractivity contribution in [3.8, 4) is 0 Å². The Labute approximate surface area is 121 Å². The van der Waals surface area contributed by atoms with Crippen LogP contribution >= 0.6 is 0 Å². The van der Waals surface area contributed by atoms with E-state index < -0.39 is 5.54 Å². The third kappa shape index (κ3) is 3.32. The molecule has 1 aliphatic heterocycles. The fourth-order valence-corrected chi connectivity index (χ4v) is 3.26. The van der Waals surface area contributed by atoms with Crippen LogP contribution in [-0.2, 0) is 9.53 Å².